The fraction of sp³-hybridized carbons (Fsp3) is 0.957. The highest BCUT2D eigenvalue weighted by atomic mass is 14.2. The standard InChI is InChI=1S/C23H47/c1-5-9-13-16-20-23(19-15-11-7-3)21-22(17-12-8-4)18-14-10-6-2/h21-23H,5-20H2,1-4H3. The molecule has 0 heteroatoms. The SMILES string of the molecule is CCCCCCC([CH]C(CCCC)CCCCC)CCCCC. The van der Waals surface area contributed by atoms with E-state index in [1.807, 2.05) is 0 Å². The summed E-state index contributed by atoms with van der Waals surface area (Å²) in [5, 5.41) is 0. The van der Waals surface area contributed by atoms with Crippen molar-refractivity contribution in [1.82, 2.24) is 0 Å². The summed E-state index contributed by atoms with van der Waals surface area (Å²) in [6.45, 7) is 9.31. The van der Waals surface area contributed by atoms with Gasteiger partial charge in [-0.1, -0.05) is 130 Å². The zero-order valence-corrected chi connectivity index (χ0v) is 17.0. The van der Waals surface area contributed by atoms with Crippen LogP contribution in [-0.2, 0) is 0 Å². The average Bonchev–Trinajstić information content (AvgIpc) is 2.56. The second-order valence-electron chi connectivity index (χ2n) is 7.70. The number of unbranched alkanes of at least 4 members (excludes halogenated alkanes) is 8. The van der Waals surface area contributed by atoms with E-state index in [1.165, 1.54) is 103 Å². The maximum Gasteiger partial charge on any atom is -0.0324 e. The van der Waals surface area contributed by atoms with Crippen LogP contribution in [0.1, 0.15) is 130 Å². The number of hydrogen-bond donors (Lipinski definition) is 0. The lowest BCUT2D eigenvalue weighted by molar-refractivity contribution is 0.370. The van der Waals surface area contributed by atoms with Gasteiger partial charge in [-0.25, -0.2) is 0 Å². The first kappa shape index (κ1) is 23.0. The van der Waals surface area contributed by atoms with Crippen LogP contribution in [0.25, 0.3) is 0 Å². The van der Waals surface area contributed by atoms with E-state index in [-0.39, 0.29) is 0 Å². The molecule has 0 aromatic heterocycles. The Kier molecular flexibility index (Phi) is 18.3. The van der Waals surface area contributed by atoms with Gasteiger partial charge in [0, 0.05) is 0 Å². The quantitative estimate of drug-likeness (QED) is 0.221. The van der Waals surface area contributed by atoms with Crippen LogP contribution in [-0.4, -0.2) is 0 Å². The predicted octanol–water partition coefficient (Wildman–Crippen LogP) is 8.74. The summed E-state index contributed by atoms with van der Waals surface area (Å²) in [4.78, 5) is 0. The summed E-state index contributed by atoms with van der Waals surface area (Å²) in [6, 6.07) is 0. The molecule has 0 aliphatic heterocycles. The smallest absolute Gasteiger partial charge is 0.0324 e. The van der Waals surface area contributed by atoms with Gasteiger partial charge < -0.3 is 0 Å². The molecule has 0 aliphatic rings. The lowest BCUT2D eigenvalue weighted by Crippen LogP contribution is -2.11. The van der Waals surface area contributed by atoms with E-state index in [9.17, 15) is 0 Å². The fourth-order valence-electron chi connectivity index (χ4n) is 3.67. The lowest BCUT2D eigenvalue weighted by atomic mass is 9.82. The van der Waals surface area contributed by atoms with Crippen LogP contribution in [0.5, 0.6) is 0 Å². The molecule has 0 amide bonds. The molecule has 0 N–H and O–H groups in total. The van der Waals surface area contributed by atoms with Crippen molar-refractivity contribution in [3.8, 4) is 0 Å². The summed E-state index contributed by atoms with van der Waals surface area (Å²) in [7, 11) is 0. The van der Waals surface area contributed by atoms with Gasteiger partial charge in [-0.15, -0.1) is 0 Å². The van der Waals surface area contributed by atoms with Gasteiger partial charge >= 0.3 is 0 Å². The van der Waals surface area contributed by atoms with Gasteiger partial charge in [-0.3, -0.25) is 0 Å². The van der Waals surface area contributed by atoms with Crippen molar-refractivity contribution in [2.75, 3.05) is 0 Å². The van der Waals surface area contributed by atoms with E-state index in [1.54, 1.807) is 0 Å². The van der Waals surface area contributed by atoms with Gasteiger partial charge in [0.2, 0.25) is 0 Å². The molecule has 1 radical (unpaired) electrons. The van der Waals surface area contributed by atoms with Crippen LogP contribution in [0.15, 0.2) is 0 Å². The van der Waals surface area contributed by atoms with Gasteiger partial charge in [0.05, 0.1) is 0 Å². The summed E-state index contributed by atoms with van der Waals surface area (Å²) < 4.78 is 0. The molecule has 0 saturated heterocycles. The minimum absolute atomic E-state index is 0.902. The van der Waals surface area contributed by atoms with E-state index >= 15 is 0 Å². The highest BCUT2D eigenvalue weighted by molar-refractivity contribution is 4.84. The van der Waals surface area contributed by atoms with Crippen molar-refractivity contribution in [2.24, 2.45) is 11.8 Å². The third-order valence-corrected chi connectivity index (χ3v) is 5.26. The van der Waals surface area contributed by atoms with Crippen LogP contribution >= 0.6 is 0 Å². The van der Waals surface area contributed by atoms with Gasteiger partial charge in [0.1, 0.15) is 0 Å². The molecule has 0 heterocycles. The second kappa shape index (κ2) is 18.3. The lowest BCUT2D eigenvalue weighted by Gasteiger charge is -2.24. The first-order valence-electron chi connectivity index (χ1n) is 11.1. The Morgan fingerprint density at radius 2 is 0.783 bits per heavy atom. The minimum Gasteiger partial charge on any atom is -0.0654 e. The monoisotopic (exact) mass is 323 g/mol. The number of hydrogen-bond acceptors (Lipinski definition) is 0. The average molecular weight is 324 g/mol. The Hall–Kier alpha value is 0. The molecule has 0 saturated carbocycles. The molecule has 2 unspecified atom stereocenters. The maximum absolute atomic E-state index is 2.81. The first-order chi connectivity index (χ1) is 11.3. The Morgan fingerprint density at radius 3 is 1.22 bits per heavy atom. The second-order valence-corrected chi connectivity index (χ2v) is 7.70. The highest BCUT2D eigenvalue weighted by Gasteiger charge is 2.16. The van der Waals surface area contributed by atoms with E-state index in [0.29, 0.717) is 0 Å². The van der Waals surface area contributed by atoms with E-state index in [0.717, 1.165) is 11.8 Å². The third-order valence-electron chi connectivity index (χ3n) is 5.26. The van der Waals surface area contributed by atoms with Crippen molar-refractivity contribution < 1.29 is 0 Å². The van der Waals surface area contributed by atoms with Crippen molar-refractivity contribution >= 4 is 0 Å². The largest absolute Gasteiger partial charge is 0.0654 e. The Morgan fingerprint density at radius 1 is 0.435 bits per heavy atom. The zero-order valence-electron chi connectivity index (χ0n) is 17.0. The Bertz CT molecular complexity index is 208. The van der Waals surface area contributed by atoms with Crippen LogP contribution in [0.3, 0.4) is 0 Å². The van der Waals surface area contributed by atoms with Gasteiger partial charge in [0.15, 0.2) is 0 Å². The van der Waals surface area contributed by atoms with Crippen LogP contribution in [0.2, 0.25) is 0 Å². The molecule has 0 aromatic carbocycles. The molecule has 0 bridgehead atoms. The van der Waals surface area contributed by atoms with Gasteiger partial charge in [-0.2, -0.15) is 0 Å². The molecular weight excluding hydrogens is 276 g/mol. The summed E-state index contributed by atoms with van der Waals surface area (Å²) in [6.07, 6.45) is 25.5. The van der Waals surface area contributed by atoms with Crippen molar-refractivity contribution in [3.63, 3.8) is 0 Å². The van der Waals surface area contributed by atoms with E-state index < -0.39 is 0 Å². The van der Waals surface area contributed by atoms with Crippen molar-refractivity contribution in [1.29, 1.82) is 0 Å². The number of rotatable bonds is 18. The van der Waals surface area contributed by atoms with E-state index in [2.05, 4.69) is 34.1 Å². The molecule has 139 valence electrons. The highest BCUT2D eigenvalue weighted by Crippen LogP contribution is 2.29. The molecule has 2 atom stereocenters. The summed E-state index contributed by atoms with van der Waals surface area (Å²) in [5.41, 5.74) is 0. The van der Waals surface area contributed by atoms with Crippen LogP contribution in [0.4, 0.5) is 0 Å². The topological polar surface area (TPSA) is 0 Å². The third kappa shape index (κ3) is 15.3. The normalized spacial score (nSPS) is 14.1. The Balaban J connectivity index is 4.28. The molecule has 0 aromatic rings. The first-order valence-corrected chi connectivity index (χ1v) is 11.1. The molecular formula is C23H47. The minimum atomic E-state index is 0.902. The van der Waals surface area contributed by atoms with Gasteiger partial charge in [-0.05, 0) is 18.3 Å². The summed E-state index contributed by atoms with van der Waals surface area (Å²) in [5.74, 6) is 1.81. The van der Waals surface area contributed by atoms with Crippen molar-refractivity contribution in [2.45, 2.75) is 130 Å². The molecule has 0 rings (SSSR count). The Labute approximate surface area is 149 Å². The maximum atomic E-state index is 2.81. The molecule has 0 spiro atoms. The molecule has 0 fully saturated rings. The molecule has 0 nitrogen and oxygen atoms in total. The molecule has 23 heavy (non-hydrogen) atoms. The van der Waals surface area contributed by atoms with Crippen molar-refractivity contribution in [3.05, 3.63) is 6.42 Å². The van der Waals surface area contributed by atoms with Crippen LogP contribution in [0, 0.1) is 18.3 Å². The van der Waals surface area contributed by atoms with E-state index in [4.69, 9.17) is 0 Å². The molecule has 0 aliphatic carbocycles. The van der Waals surface area contributed by atoms with Crippen LogP contribution < -0.4 is 0 Å². The fourth-order valence-corrected chi connectivity index (χ4v) is 3.67. The predicted molar refractivity (Wildman–Crippen MR) is 108 cm³/mol. The van der Waals surface area contributed by atoms with Gasteiger partial charge in [0.25, 0.3) is 0 Å². The zero-order chi connectivity index (χ0) is 17.2. The summed E-state index contributed by atoms with van der Waals surface area (Å²) >= 11 is 0.